The fourth-order valence-electron chi connectivity index (χ4n) is 2.08. The molecule has 0 saturated carbocycles. The number of amides is 1. The third-order valence-corrected chi connectivity index (χ3v) is 3.01. The molecule has 0 aliphatic carbocycles. The number of carbonyl (C=O) groups is 1. The van der Waals surface area contributed by atoms with Gasteiger partial charge in [-0.2, -0.15) is 0 Å². The van der Waals surface area contributed by atoms with Crippen molar-refractivity contribution in [3.8, 4) is 5.75 Å². The second-order valence-electron chi connectivity index (χ2n) is 4.56. The van der Waals surface area contributed by atoms with Crippen LogP contribution in [0.1, 0.15) is 5.56 Å². The third-order valence-electron chi connectivity index (χ3n) is 3.01. The zero-order valence-electron chi connectivity index (χ0n) is 11.1. The van der Waals surface area contributed by atoms with E-state index in [1.807, 2.05) is 24.3 Å². The standard InChI is InChI=1S/C14H20N2O3/c1-18-7-6-15-9-14(17)16-12-8-11-4-2-3-5-13(11)19-10-12/h2-5,12,15H,6-10H2,1H3,(H,16,17). The van der Waals surface area contributed by atoms with Crippen molar-refractivity contribution in [2.24, 2.45) is 0 Å². The summed E-state index contributed by atoms with van der Waals surface area (Å²) < 4.78 is 10.5. The number of ether oxygens (including phenoxy) is 2. The molecule has 104 valence electrons. The highest BCUT2D eigenvalue weighted by atomic mass is 16.5. The number of hydrogen-bond acceptors (Lipinski definition) is 4. The Morgan fingerprint density at radius 2 is 2.32 bits per heavy atom. The van der Waals surface area contributed by atoms with Crippen molar-refractivity contribution in [2.75, 3.05) is 33.4 Å². The summed E-state index contributed by atoms with van der Waals surface area (Å²) in [6.45, 7) is 2.11. The van der Waals surface area contributed by atoms with E-state index >= 15 is 0 Å². The van der Waals surface area contributed by atoms with Gasteiger partial charge in [-0.15, -0.1) is 0 Å². The van der Waals surface area contributed by atoms with Crippen LogP contribution in [0.25, 0.3) is 0 Å². The Kier molecular flexibility index (Phi) is 5.18. The molecule has 1 heterocycles. The van der Waals surface area contributed by atoms with Gasteiger partial charge in [0, 0.05) is 13.7 Å². The number of para-hydroxylation sites is 1. The maximum absolute atomic E-state index is 11.7. The Morgan fingerprint density at radius 3 is 3.16 bits per heavy atom. The van der Waals surface area contributed by atoms with E-state index in [1.165, 1.54) is 0 Å². The first-order valence-corrected chi connectivity index (χ1v) is 6.49. The fourth-order valence-corrected chi connectivity index (χ4v) is 2.08. The van der Waals surface area contributed by atoms with Crippen molar-refractivity contribution in [3.63, 3.8) is 0 Å². The van der Waals surface area contributed by atoms with E-state index in [9.17, 15) is 4.79 Å². The van der Waals surface area contributed by atoms with Crippen LogP contribution in [-0.4, -0.2) is 45.4 Å². The first-order chi connectivity index (χ1) is 9.29. The number of carbonyl (C=O) groups excluding carboxylic acids is 1. The van der Waals surface area contributed by atoms with Crippen molar-refractivity contribution in [1.82, 2.24) is 10.6 Å². The summed E-state index contributed by atoms with van der Waals surface area (Å²) in [5.41, 5.74) is 1.14. The largest absolute Gasteiger partial charge is 0.491 e. The SMILES string of the molecule is COCCNCC(=O)NC1COc2ccccc2C1. The maximum atomic E-state index is 11.7. The summed E-state index contributed by atoms with van der Waals surface area (Å²) in [5, 5.41) is 5.99. The molecule has 19 heavy (non-hydrogen) atoms. The van der Waals surface area contributed by atoms with Crippen molar-refractivity contribution in [2.45, 2.75) is 12.5 Å². The molecule has 1 aliphatic rings. The van der Waals surface area contributed by atoms with Gasteiger partial charge in [0.15, 0.2) is 0 Å². The Morgan fingerprint density at radius 1 is 1.47 bits per heavy atom. The van der Waals surface area contributed by atoms with Crippen molar-refractivity contribution in [1.29, 1.82) is 0 Å². The molecule has 5 heteroatoms. The van der Waals surface area contributed by atoms with Gasteiger partial charge in [0.2, 0.25) is 5.91 Å². The minimum Gasteiger partial charge on any atom is -0.491 e. The molecule has 2 rings (SSSR count). The average Bonchev–Trinajstić information content (AvgIpc) is 2.43. The van der Waals surface area contributed by atoms with Gasteiger partial charge in [0.05, 0.1) is 19.2 Å². The summed E-state index contributed by atoms with van der Waals surface area (Å²) in [6.07, 6.45) is 0.819. The number of fused-ring (bicyclic) bond motifs is 1. The first-order valence-electron chi connectivity index (χ1n) is 6.49. The van der Waals surface area contributed by atoms with Gasteiger partial charge in [-0.05, 0) is 18.1 Å². The van der Waals surface area contributed by atoms with E-state index in [2.05, 4.69) is 10.6 Å². The first kappa shape index (κ1) is 13.8. The number of benzene rings is 1. The Balaban J connectivity index is 1.74. The Bertz CT molecular complexity index is 423. The lowest BCUT2D eigenvalue weighted by Crippen LogP contribution is -2.46. The van der Waals surface area contributed by atoms with Crippen LogP contribution >= 0.6 is 0 Å². The zero-order valence-corrected chi connectivity index (χ0v) is 11.1. The van der Waals surface area contributed by atoms with Crippen LogP contribution in [0.4, 0.5) is 0 Å². The number of nitrogens with one attached hydrogen (secondary N) is 2. The lowest BCUT2D eigenvalue weighted by Gasteiger charge is -2.26. The summed E-state index contributed by atoms with van der Waals surface area (Å²) in [4.78, 5) is 11.7. The molecule has 1 amide bonds. The van der Waals surface area contributed by atoms with Crippen LogP contribution < -0.4 is 15.4 Å². The molecule has 1 aromatic carbocycles. The molecule has 1 atom stereocenters. The minimum absolute atomic E-state index is 0.0101. The van der Waals surface area contributed by atoms with Crippen LogP contribution in [0.2, 0.25) is 0 Å². The monoisotopic (exact) mass is 264 g/mol. The molecule has 2 N–H and O–H groups in total. The van der Waals surface area contributed by atoms with Gasteiger partial charge in [-0.1, -0.05) is 18.2 Å². The van der Waals surface area contributed by atoms with Gasteiger partial charge in [-0.3, -0.25) is 4.79 Å². The Labute approximate surface area is 113 Å². The van der Waals surface area contributed by atoms with E-state index in [1.54, 1.807) is 7.11 Å². The van der Waals surface area contributed by atoms with E-state index in [-0.39, 0.29) is 11.9 Å². The van der Waals surface area contributed by atoms with Gasteiger partial charge < -0.3 is 20.1 Å². The van der Waals surface area contributed by atoms with Gasteiger partial charge >= 0.3 is 0 Å². The van der Waals surface area contributed by atoms with Crippen LogP contribution in [-0.2, 0) is 16.0 Å². The minimum atomic E-state index is -0.0101. The quantitative estimate of drug-likeness (QED) is 0.728. The molecule has 0 aromatic heterocycles. The summed E-state index contributed by atoms with van der Waals surface area (Å²) in [5.74, 6) is 0.912. The van der Waals surface area contributed by atoms with E-state index < -0.39 is 0 Å². The highest BCUT2D eigenvalue weighted by Crippen LogP contribution is 2.23. The normalized spacial score (nSPS) is 17.4. The molecule has 0 saturated heterocycles. The zero-order chi connectivity index (χ0) is 13.5. The molecule has 1 unspecified atom stereocenters. The number of hydrogen-bond donors (Lipinski definition) is 2. The van der Waals surface area contributed by atoms with Crippen molar-refractivity contribution >= 4 is 5.91 Å². The maximum Gasteiger partial charge on any atom is 0.234 e. The average molecular weight is 264 g/mol. The second-order valence-corrected chi connectivity index (χ2v) is 4.56. The predicted molar refractivity (Wildman–Crippen MR) is 72.3 cm³/mol. The van der Waals surface area contributed by atoms with Gasteiger partial charge in [0.1, 0.15) is 12.4 Å². The highest BCUT2D eigenvalue weighted by Gasteiger charge is 2.20. The second kappa shape index (κ2) is 7.11. The molecule has 0 fully saturated rings. The van der Waals surface area contributed by atoms with Crippen LogP contribution in [0.15, 0.2) is 24.3 Å². The summed E-state index contributed by atoms with van der Waals surface area (Å²) in [7, 11) is 1.64. The molecule has 0 spiro atoms. The van der Waals surface area contributed by atoms with Crippen molar-refractivity contribution < 1.29 is 14.3 Å². The smallest absolute Gasteiger partial charge is 0.234 e. The third kappa shape index (κ3) is 4.22. The molecule has 0 bridgehead atoms. The van der Waals surface area contributed by atoms with Crippen LogP contribution in [0.5, 0.6) is 5.75 Å². The van der Waals surface area contributed by atoms with E-state index in [0.717, 1.165) is 17.7 Å². The van der Waals surface area contributed by atoms with Crippen LogP contribution in [0, 0.1) is 0 Å². The lowest BCUT2D eigenvalue weighted by atomic mass is 10.0. The van der Waals surface area contributed by atoms with E-state index in [4.69, 9.17) is 9.47 Å². The van der Waals surface area contributed by atoms with Crippen LogP contribution in [0.3, 0.4) is 0 Å². The summed E-state index contributed by atoms with van der Waals surface area (Å²) in [6, 6.07) is 7.98. The van der Waals surface area contributed by atoms with Gasteiger partial charge in [0.25, 0.3) is 0 Å². The fraction of sp³-hybridized carbons (Fsp3) is 0.500. The van der Waals surface area contributed by atoms with Gasteiger partial charge in [-0.25, -0.2) is 0 Å². The highest BCUT2D eigenvalue weighted by molar-refractivity contribution is 5.78. The van der Waals surface area contributed by atoms with E-state index in [0.29, 0.717) is 26.3 Å². The molecular weight excluding hydrogens is 244 g/mol. The summed E-state index contributed by atoms with van der Waals surface area (Å²) >= 11 is 0. The molecular formula is C14H20N2O3. The number of rotatable bonds is 6. The number of methoxy groups -OCH3 is 1. The predicted octanol–water partition coefficient (Wildman–Crippen LogP) is 0.342. The van der Waals surface area contributed by atoms with Crippen molar-refractivity contribution in [3.05, 3.63) is 29.8 Å². The molecule has 5 nitrogen and oxygen atoms in total. The molecule has 1 aromatic rings. The topological polar surface area (TPSA) is 59.6 Å². The molecule has 1 aliphatic heterocycles. The Hall–Kier alpha value is -1.59. The molecule has 0 radical (unpaired) electrons. The lowest BCUT2D eigenvalue weighted by molar-refractivity contribution is -0.121.